The minimum absolute atomic E-state index is 0. The molecule has 3 aliphatic rings. The van der Waals surface area contributed by atoms with Crippen molar-refractivity contribution < 1.29 is 19.4 Å². The van der Waals surface area contributed by atoms with Crippen molar-refractivity contribution in [3.63, 3.8) is 0 Å². The molecule has 2 amide bonds. The molecule has 7 heteroatoms. The number of hydrogen-bond donors (Lipinski definition) is 1. The summed E-state index contributed by atoms with van der Waals surface area (Å²) >= 11 is 0. The summed E-state index contributed by atoms with van der Waals surface area (Å²) in [7, 11) is 1.66. The van der Waals surface area contributed by atoms with Crippen LogP contribution in [0.3, 0.4) is 0 Å². The van der Waals surface area contributed by atoms with E-state index in [4.69, 9.17) is 4.74 Å². The average molecular weight is 423 g/mol. The Kier molecular flexibility index (Phi) is 6.87. The van der Waals surface area contributed by atoms with E-state index in [1.54, 1.807) is 7.11 Å². The van der Waals surface area contributed by atoms with Gasteiger partial charge in [0.2, 0.25) is 11.8 Å². The van der Waals surface area contributed by atoms with Gasteiger partial charge in [0.25, 0.3) is 0 Å². The molecule has 1 aromatic carbocycles. The maximum absolute atomic E-state index is 11.9. The standard InChI is InChI=1S/C22H30N2O4.ClH/c1-28-19-7-3-2-6-18(19)22(27)16-10-11-17(22)15-23(14-16)12-5-13-24-20(25)8-4-9-21(24)26;/h2-3,6-7,16-17,27H,4-5,8-15H2,1H3;1H. The van der Waals surface area contributed by atoms with Crippen LogP contribution in [-0.4, -0.2) is 60.0 Å². The topological polar surface area (TPSA) is 70.1 Å². The van der Waals surface area contributed by atoms with Crippen LogP contribution in [0, 0.1) is 11.8 Å². The molecule has 2 atom stereocenters. The Morgan fingerprint density at radius 1 is 1.07 bits per heavy atom. The van der Waals surface area contributed by atoms with Gasteiger partial charge in [-0.2, -0.15) is 0 Å². The molecular formula is C22H31ClN2O4. The van der Waals surface area contributed by atoms with E-state index in [9.17, 15) is 14.7 Å². The van der Waals surface area contributed by atoms with Gasteiger partial charge in [0.05, 0.1) is 7.11 Å². The van der Waals surface area contributed by atoms with Crippen molar-refractivity contribution >= 4 is 24.2 Å². The first-order valence-electron chi connectivity index (χ1n) is 10.5. The number of carbonyl (C=O) groups excluding carboxylic acids is 2. The number of carbonyl (C=O) groups is 2. The van der Waals surface area contributed by atoms with Gasteiger partial charge < -0.3 is 14.7 Å². The molecule has 0 aromatic heterocycles. The highest BCUT2D eigenvalue weighted by molar-refractivity contribution is 5.97. The number of rotatable bonds is 6. The largest absolute Gasteiger partial charge is 0.496 e. The maximum Gasteiger partial charge on any atom is 0.229 e. The van der Waals surface area contributed by atoms with Crippen molar-refractivity contribution in [3.8, 4) is 5.75 Å². The summed E-state index contributed by atoms with van der Waals surface area (Å²) < 4.78 is 5.52. The Hall–Kier alpha value is -1.63. The van der Waals surface area contributed by atoms with Crippen molar-refractivity contribution in [1.82, 2.24) is 9.80 Å². The molecule has 2 heterocycles. The van der Waals surface area contributed by atoms with Crippen molar-refractivity contribution in [2.45, 2.75) is 44.1 Å². The first-order valence-corrected chi connectivity index (χ1v) is 10.5. The van der Waals surface area contributed by atoms with Crippen molar-refractivity contribution in [2.24, 2.45) is 11.8 Å². The molecule has 0 radical (unpaired) electrons. The van der Waals surface area contributed by atoms with Crippen LogP contribution in [0.2, 0.25) is 0 Å². The number of para-hydroxylation sites is 1. The molecule has 1 N–H and O–H groups in total. The number of hydrogen-bond acceptors (Lipinski definition) is 5. The van der Waals surface area contributed by atoms with E-state index in [1.165, 1.54) is 4.90 Å². The van der Waals surface area contributed by atoms with E-state index < -0.39 is 5.60 Å². The molecule has 1 aromatic rings. The Balaban J connectivity index is 0.00000240. The lowest BCUT2D eigenvalue weighted by Gasteiger charge is -2.45. The summed E-state index contributed by atoms with van der Waals surface area (Å²) in [5.74, 6) is 1.07. The lowest BCUT2D eigenvalue weighted by atomic mass is 9.75. The van der Waals surface area contributed by atoms with E-state index in [0.29, 0.717) is 25.8 Å². The predicted molar refractivity (Wildman–Crippen MR) is 112 cm³/mol. The number of halogens is 1. The zero-order valence-corrected chi connectivity index (χ0v) is 17.8. The van der Waals surface area contributed by atoms with Crippen LogP contribution in [0.15, 0.2) is 24.3 Å². The molecule has 2 saturated heterocycles. The average Bonchev–Trinajstić information content (AvgIpc) is 2.87. The highest BCUT2D eigenvalue weighted by atomic mass is 35.5. The summed E-state index contributed by atoms with van der Waals surface area (Å²) in [5, 5.41) is 11.7. The van der Waals surface area contributed by atoms with Gasteiger partial charge in [-0.1, -0.05) is 18.2 Å². The quantitative estimate of drug-likeness (QED) is 0.713. The maximum atomic E-state index is 11.9. The predicted octanol–water partition coefficient (Wildman–Crippen LogP) is 2.58. The van der Waals surface area contributed by atoms with E-state index in [0.717, 1.165) is 50.2 Å². The van der Waals surface area contributed by atoms with Crippen LogP contribution in [0.5, 0.6) is 5.75 Å². The second kappa shape index (κ2) is 9.02. The molecule has 2 aliphatic heterocycles. The van der Waals surface area contributed by atoms with Gasteiger partial charge >= 0.3 is 0 Å². The van der Waals surface area contributed by atoms with Crippen molar-refractivity contribution in [3.05, 3.63) is 29.8 Å². The van der Waals surface area contributed by atoms with Crippen molar-refractivity contribution in [1.29, 1.82) is 0 Å². The normalized spacial score (nSPS) is 29.7. The highest BCUT2D eigenvalue weighted by Crippen LogP contribution is 2.53. The third-order valence-corrected chi connectivity index (χ3v) is 6.84. The Bertz CT molecular complexity index is 726. The zero-order valence-electron chi connectivity index (χ0n) is 17.0. The fraction of sp³-hybridized carbons (Fsp3) is 0.636. The molecule has 29 heavy (non-hydrogen) atoms. The first kappa shape index (κ1) is 22.1. The molecule has 6 nitrogen and oxygen atoms in total. The Morgan fingerprint density at radius 2 is 1.69 bits per heavy atom. The van der Waals surface area contributed by atoms with Gasteiger partial charge in [-0.3, -0.25) is 14.5 Å². The number of aliphatic hydroxyl groups is 1. The van der Waals surface area contributed by atoms with E-state index >= 15 is 0 Å². The molecule has 160 valence electrons. The fourth-order valence-corrected chi connectivity index (χ4v) is 5.43. The van der Waals surface area contributed by atoms with E-state index in [2.05, 4.69) is 4.90 Å². The van der Waals surface area contributed by atoms with Crippen molar-refractivity contribution in [2.75, 3.05) is 33.3 Å². The van der Waals surface area contributed by atoms with E-state index in [-0.39, 0.29) is 36.1 Å². The van der Waals surface area contributed by atoms with Crippen LogP contribution in [0.25, 0.3) is 0 Å². The lowest BCUT2D eigenvalue weighted by Crippen LogP contribution is -2.52. The molecule has 2 bridgehead atoms. The van der Waals surface area contributed by atoms with Crippen LogP contribution in [-0.2, 0) is 15.2 Å². The first-order chi connectivity index (χ1) is 13.5. The Labute approximate surface area is 178 Å². The Morgan fingerprint density at radius 3 is 2.31 bits per heavy atom. The number of likely N-dealkylation sites (tertiary alicyclic amines) is 2. The molecule has 1 aliphatic carbocycles. The number of imide groups is 1. The van der Waals surface area contributed by atoms with Crippen LogP contribution < -0.4 is 4.74 Å². The lowest BCUT2D eigenvalue weighted by molar-refractivity contribution is -0.148. The number of nitrogens with zero attached hydrogens (tertiary/aromatic N) is 2. The van der Waals surface area contributed by atoms with E-state index in [1.807, 2.05) is 24.3 Å². The van der Waals surface area contributed by atoms with Crippen LogP contribution in [0.1, 0.15) is 44.1 Å². The summed E-state index contributed by atoms with van der Waals surface area (Å²) in [5.41, 5.74) is 0.0798. The third-order valence-electron chi connectivity index (χ3n) is 6.84. The second-order valence-corrected chi connectivity index (χ2v) is 8.40. The molecule has 2 unspecified atom stereocenters. The molecule has 3 fully saturated rings. The summed E-state index contributed by atoms with van der Waals surface area (Å²) in [6.07, 6.45) is 4.49. The SMILES string of the molecule is COc1ccccc1C1(O)C2CCC1CN(CCCN1C(=O)CCCC1=O)C2.Cl. The van der Waals surface area contributed by atoms with Gasteiger partial charge in [0, 0.05) is 49.9 Å². The number of benzene rings is 1. The zero-order chi connectivity index (χ0) is 19.7. The van der Waals surface area contributed by atoms with Crippen LogP contribution >= 0.6 is 12.4 Å². The molecular weight excluding hydrogens is 392 g/mol. The minimum atomic E-state index is -0.831. The van der Waals surface area contributed by atoms with Gasteiger partial charge in [-0.15, -0.1) is 12.4 Å². The second-order valence-electron chi connectivity index (χ2n) is 8.40. The number of ether oxygens (including phenoxy) is 1. The molecule has 0 spiro atoms. The van der Waals surface area contributed by atoms with Gasteiger partial charge in [-0.05, 0) is 38.3 Å². The minimum Gasteiger partial charge on any atom is -0.496 e. The summed E-state index contributed by atoms with van der Waals surface area (Å²) in [4.78, 5) is 27.7. The van der Waals surface area contributed by atoms with Crippen LogP contribution in [0.4, 0.5) is 0 Å². The fourth-order valence-electron chi connectivity index (χ4n) is 5.43. The molecule has 1 saturated carbocycles. The van der Waals surface area contributed by atoms with Gasteiger partial charge in [0.15, 0.2) is 0 Å². The third kappa shape index (κ3) is 4.03. The number of piperidine rings is 2. The number of methoxy groups -OCH3 is 1. The number of fused-ring (bicyclic) bond motifs is 2. The van der Waals surface area contributed by atoms with Gasteiger partial charge in [0.1, 0.15) is 11.4 Å². The summed E-state index contributed by atoms with van der Waals surface area (Å²) in [6.45, 7) is 3.05. The molecule has 4 rings (SSSR count). The number of amides is 2. The smallest absolute Gasteiger partial charge is 0.229 e. The monoisotopic (exact) mass is 422 g/mol. The highest BCUT2D eigenvalue weighted by Gasteiger charge is 2.54. The van der Waals surface area contributed by atoms with Gasteiger partial charge in [-0.25, -0.2) is 0 Å². The summed E-state index contributed by atoms with van der Waals surface area (Å²) in [6, 6.07) is 7.82.